The second-order valence-corrected chi connectivity index (χ2v) is 10.4. The van der Waals surface area contributed by atoms with Crippen LogP contribution in [0.1, 0.15) is 70.5 Å². The number of amides is 2. The zero-order valence-electron chi connectivity index (χ0n) is 16.8. The maximum absolute atomic E-state index is 12.8. The van der Waals surface area contributed by atoms with Gasteiger partial charge in [0, 0.05) is 16.6 Å². The summed E-state index contributed by atoms with van der Waals surface area (Å²) >= 11 is 0. The lowest BCUT2D eigenvalue weighted by atomic mass is 9.53. The Balaban J connectivity index is 1.28. The number of carbonyl (C=O) groups is 2. The fraction of sp³-hybridized carbons (Fsp3) is 0.652. The molecule has 4 aliphatic carbocycles. The van der Waals surface area contributed by atoms with Gasteiger partial charge in [0.1, 0.15) is 6.10 Å². The Morgan fingerprint density at radius 3 is 2.29 bits per heavy atom. The smallest absolute Gasteiger partial charge is 0.319 e. The van der Waals surface area contributed by atoms with E-state index in [1.165, 1.54) is 19.3 Å². The van der Waals surface area contributed by atoms with Gasteiger partial charge >= 0.3 is 12.0 Å². The number of urea groups is 1. The first-order chi connectivity index (χ1) is 13.3. The number of carbonyl (C=O) groups excluding carboxylic acids is 2. The van der Waals surface area contributed by atoms with Crippen LogP contribution in [0.15, 0.2) is 24.3 Å². The molecular formula is C23H30N2O3. The number of anilines is 1. The summed E-state index contributed by atoms with van der Waals surface area (Å²) in [5.74, 6) is 2.24. The maximum atomic E-state index is 12.8. The quantitative estimate of drug-likeness (QED) is 0.739. The minimum Gasteiger partial charge on any atom is -0.457 e. The Labute approximate surface area is 166 Å². The van der Waals surface area contributed by atoms with Crippen LogP contribution in [0, 0.1) is 23.2 Å². The number of hydrogen-bond donors (Lipinski definition) is 2. The Morgan fingerprint density at radius 1 is 1.07 bits per heavy atom. The Bertz CT molecular complexity index is 781. The molecule has 2 amide bonds. The molecule has 150 valence electrons. The van der Waals surface area contributed by atoms with Crippen LogP contribution in [0.2, 0.25) is 0 Å². The molecule has 5 aliphatic rings. The van der Waals surface area contributed by atoms with E-state index in [0.29, 0.717) is 6.42 Å². The van der Waals surface area contributed by atoms with Crippen LogP contribution in [0.4, 0.5) is 10.5 Å². The van der Waals surface area contributed by atoms with Crippen LogP contribution in [-0.4, -0.2) is 17.5 Å². The van der Waals surface area contributed by atoms with Crippen molar-refractivity contribution in [3.8, 4) is 0 Å². The van der Waals surface area contributed by atoms with Gasteiger partial charge in [0.05, 0.1) is 6.42 Å². The van der Waals surface area contributed by atoms with Crippen LogP contribution < -0.4 is 10.6 Å². The average molecular weight is 383 g/mol. The lowest BCUT2D eigenvalue weighted by Crippen LogP contribution is -2.60. The van der Waals surface area contributed by atoms with Gasteiger partial charge in [0.15, 0.2) is 0 Å². The topological polar surface area (TPSA) is 67.4 Å². The highest BCUT2D eigenvalue weighted by atomic mass is 16.6. The second-order valence-electron chi connectivity index (χ2n) is 10.4. The average Bonchev–Trinajstić information content (AvgIpc) is 2.85. The van der Waals surface area contributed by atoms with Crippen molar-refractivity contribution in [2.45, 2.75) is 70.4 Å². The molecule has 1 atom stereocenters. The molecule has 0 aromatic heterocycles. The number of rotatable bonds is 3. The Morgan fingerprint density at radius 2 is 1.71 bits per heavy atom. The first-order valence-corrected chi connectivity index (χ1v) is 10.7. The van der Waals surface area contributed by atoms with Crippen LogP contribution in [-0.2, 0) is 9.53 Å². The number of nitrogens with one attached hydrogen (secondary N) is 2. The summed E-state index contributed by atoms with van der Waals surface area (Å²) in [5.41, 5.74) is 1.44. The summed E-state index contributed by atoms with van der Waals surface area (Å²) in [5, 5.41) is 6.38. The summed E-state index contributed by atoms with van der Waals surface area (Å²) in [6, 6.07) is 7.60. The van der Waals surface area contributed by atoms with E-state index in [9.17, 15) is 9.59 Å². The Kier molecular flexibility index (Phi) is 4.01. The van der Waals surface area contributed by atoms with Crippen molar-refractivity contribution in [3.63, 3.8) is 0 Å². The Hall–Kier alpha value is -2.04. The molecule has 28 heavy (non-hydrogen) atoms. The zero-order valence-corrected chi connectivity index (χ0v) is 16.8. The highest BCUT2D eigenvalue weighted by Crippen LogP contribution is 2.55. The maximum Gasteiger partial charge on any atom is 0.319 e. The molecule has 5 fully saturated rings. The number of esters is 1. The van der Waals surface area contributed by atoms with E-state index in [0.717, 1.165) is 48.3 Å². The molecule has 4 bridgehead atoms. The lowest BCUT2D eigenvalue weighted by molar-refractivity contribution is -0.142. The lowest BCUT2D eigenvalue weighted by Gasteiger charge is -2.56. The van der Waals surface area contributed by atoms with Gasteiger partial charge in [-0.15, -0.1) is 0 Å². The van der Waals surface area contributed by atoms with Gasteiger partial charge in [-0.1, -0.05) is 26.0 Å². The fourth-order valence-corrected chi connectivity index (χ4v) is 6.76. The van der Waals surface area contributed by atoms with Gasteiger partial charge in [-0.2, -0.15) is 0 Å². The third kappa shape index (κ3) is 3.19. The molecule has 5 heteroatoms. The van der Waals surface area contributed by atoms with Crippen molar-refractivity contribution >= 4 is 17.7 Å². The van der Waals surface area contributed by atoms with Gasteiger partial charge in [0.25, 0.3) is 0 Å². The number of cyclic esters (lactones) is 1. The van der Waals surface area contributed by atoms with Crippen molar-refractivity contribution in [1.82, 2.24) is 5.32 Å². The molecule has 0 spiro atoms. The standard InChI is InChI=1S/C23H30N2O3/c1-22(2)13-19(26)28-20(22)17-4-3-5-18(9-17)24-21(27)25-23-10-14-6-15(11-23)8-16(7-14)12-23/h3-5,9,14-16,20H,6-8,10-13H2,1-2H3,(H2,24,25,27). The predicted octanol–water partition coefficient (Wildman–Crippen LogP) is 4.79. The third-order valence-corrected chi connectivity index (χ3v) is 7.42. The number of benzene rings is 1. The van der Waals surface area contributed by atoms with E-state index >= 15 is 0 Å². The first kappa shape index (κ1) is 18.0. The van der Waals surface area contributed by atoms with Gasteiger partial charge in [0.2, 0.25) is 0 Å². The van der Waals surface area contributed by atoms with Crippen molar-refractivity contribution in [2.75, 3.05) is 5.32 Å². The van der Waals surface area contributed by atoms with Gasteiger partial charge in [-0.25, -0.2) is 4.79 Å². The minimum absolute atomic E-state index is 0.000578. The SMILES string of the molecule is CC1(C)CC(=O)OC1c1cccc(NC(=O)NC23CC4CC(CC(C4)C2)C3)c1. The molecule has 5 nitrogen and oxygen atoms in total. The van der Waals surface area contributed by atoms with E-state index in [-0.39, 0.29) is 29.1 Å². The zero-order chi connectivity index (χ0) is 19.5. The molecule has 0 radical (unpaired) electrons. The van der Waals surface area contributed by atoms with Crippen LogP contribution >= 0.6 is 0 Å². The van der Waals surface area contributed by atoms with Crippen molar-refractivity contribution < 1.29 is 14.3 Å². The summed E-state index contributed by atoms with van der Waals surface area (Å²) in [6.07, 6.45) is 7.65. The largest absolute Gasteiger partial charge is 0.457 e. The van der Waals surface area contributed by atoms with E-state index in [2.05, 4.69) is 10.6 Å². The molecular weight excluding hydrogens is 352 g/mol. The highest BCUT2D eigenvalue weighted by molar-refractivity contribution is 5.90. The van der Waals surface area contributed by atoms with E-state index in [1.54, 1.807) is 0 Å². The normalized spacial score (nSPS) is 37.6. The van der Waals surface area contributed by atoms with E-state index in [4.69, 9.17) is 4.74 Å². The van der Waals surface area contributed by atoms with Gasteiger partial charge in [-0.05, 0) is 74.0 Å². The fourth-order valence-electron chi connectivity index (χ4n) is 6.76. The molecule has 1 aromatic carbocycles. The van der Waals surface area contributed by atoms with Crippen molar-refractivity contribution in [2.24, 2.45) is 23.2 Å². The molecule has 1 unspecified atom stereocenters. The molecule has 1 saturated heterocycles. The van der Waals surface area contributed by atoms with Crippen molar-refractivity contribution in [1.29, 1.82) is 0 Å². The monoisotopic (exact) mass is 382 g/mol. The molecule has 4 saturated carbocycles. The number of hydrogen-bond acceptors (Lipinski definition) is 3. The highest BCUT2D eigenvalue weighted by Gasteiger charge is 2.51. The summed E-state index contributed by atoms with van der Waals surface area (Å²) in [4.78, 5) is 24.6. The molecule has 1 aromatic rings. The molecule has 2 N–H and O–H groups in total. The predicted molar refractivity (Wildman–Crippen MR) is 107 cm³/mol. The summed E-state index contributed by atoms with van der Waals surface area (Å²) in [6.45, 7) is 4.09. The summed E-state index contributed by atoms with van der Waals surface area (Å²) < 4.78 is 5.55. The third-order valence-electron chi connectivity index (χ3n) is 7.42. The second kappa shape index (κ2) is 6.23. The molecule has 6 rings (SSSR count). The van der Waals surface area contributed by atoms with Gasteiger partial charge < -0.3 is 15.4 Å². The molecule has 1 heterocycles. The number of ether oxygens (including phenoxy) is 1. The van der Waals surface area contributed by atoms with Crippen LogP contribution in [0.5, 0.6) is 0 Å². The van der Waals surface area contributed by atoms with Crippen LogP contribution in [0.3, 0.4) is 0 Å². The minimum atomic E-state index is -0.270. The van der Waals surface area contributed by atoms with Crippen molar-refractivity contribution in [3.05, 3.63) is 29.8 Å². The summed E-state index contributed by atoms with van der Waals surface area (Å²) in [7, 11) is 0. The first-order valence-electron chi connectivity index (χ1n) is 10.7. The van der Waals surface area contributed by atoms with E-state index < -0.39 is 0 Å². The van der Waals surface area contributed by atoms with Gasteiger partial charge in [-0.3, -0.25) is 4.79 Å². The van der Waals surface area contributed by atoms with Crippen LogP contribution in [0.25, 0.3) is 0 Å². The molecule has 1 aliphatic heterocycles. The van der Waals surface area contributed by atoms with E-state index in [1.807, 2.05) is 38.1 Å².